The summed E-state index contributed by atoms with van der Waals surface area (Å²) in [6.07, 6.45) is 0. The number of benzene rings is 2. The summed E-state index contributed by atoms with van der Waals surface area (Å²) < 4.78 is 35.4. The van der Waals surface area contributed by atoms with E-state index in [1.807, 2.05) is 12.1 Å². The molecule has 1 fully saturated rings. The van der Waals surface area contributed by atoms with Crippen LogP contribution in [-0.4, -0.2) is 0 Å². The van der Waals surface area contributed by atoms with Crippen LogP contribution in [0, 0.1) is 0 Å². The van der Waals surface area contributed by atoms with Crippen LogP contribution in [0.25, 0.3) is 0 Å². The van der Waals surface area contributed by atoms with Crippen molar-refractivity contribution in [1.29, 1.82) is 0 Å². The highest BCUT2D eigenvalue weighted by Gasteiger charge is 2.39. The Bertz CT molecular complexity index is 649. The molecule has 0 atom stereocenters. The average Bonchev–Trinajstić information content (AvgIpc) is 2.53. The summed E-state index contributed by atoms with van der Waals surface area (Å²) in [4.78, 5) is 0. The van der Waals surface area contributed by atoms with Crippen molar-refractivity contribution in [3.05, 3.63) is 60.7 Å². The predicted octanol–water partition coefficient (Wildman–Crippen LogP) is 2.56. The fraction of sp³-hybridized carbons (Fsp3) is 0. The largest absolute Gasteiger partial charge is 0.421 e. The third kappa shape index (κ3) is 3.75. The van der Waals surface area contributed by atoms with Gasteiger partial charge in [-0.3, -0.25) is 0 Å². The molecule has 1 aliphatic heterocycles. The normalized spacial score (nSPS) is 28.0. The minimum Gasteiger partial charge on any atom is -0.421 e. The van der Waals surface area contributed by atoms with Crippen molar-refractivity contribution in [3.8, 4) is 11.5 Å². The molecule has 8 nitrogen and oxygen atoms in total. The summed E-state index contributed by atoms with van der Waals surface area (Å²) >= 11 is 0. The molecule has 0 radical (unpaired) electrons. The molecule has 0 amide bonds. The standard InChI is InChI=1S/C12H14N4O4P2/c17-21(19-11-7-3-1-4-8-11)13-15-22(18,16-14-21)20-12-9-5-2-6-10-12/h1-10H,(H2,13,14,17)(H2,15,16,18). The predicted molar refractivity (Wildman–Crippen MR) is 81.9 cm³/mol. The van der Waals surface area contributed by atoms with Crippen LogP contribution in [0.5, 0.6) is 11.5 Å². The molecule has 0 spiro atoms. The van der Waals surface area contributed by atoms with Gasteiger partial charge in [-0.1, -0.05) is 36.4 Å². The van der Waals surface area contributed by atoms with E-state index >= 15 is 0 Å². The van der Waals surface area contributed by atoms with Gasteiger partial charge in [0.1, 0.15) is 11.5 Å². The number of hydrazine groups is 2. The maximum absolute atomic E-state index is 12.4. The van der Waals surface area contributed by atoms with Gasteiger partial charge in [0.25, 0.3) is 0 Å². The van der Waals surface area contributed by atoms with E-state index in [-0.39, 0.29) is 0 Å². The topological polar surface area (TPSA) is 101 Å². The second-order valence-corrected chi connectivity index (χ2v) is 7.82. The SMILES string of the molecule is O=P1(Oc2ccccc2)NNP(=O)(Oc2ccccc2)NN1. The second kappa shape index (κ2) is 6.22. The van der Waals surface area contributed by atoms with Crippen molar-refractivity contribution in [1.82, 2.24) is 20.8 Å². The van der Waals surface area contributed by atoms with Crippen LogP contribution >= 0.6 is 15.3 Å². The molecule has 1 aliphatic rings. The van der Waals surface area contributed by atoms with Crippen LogP contribution in [-0.2, 0) is 9.13 Å². The van der Waals surface area contributed by atoms with Crippen molar-refractivity contribution in [2.75, 3.05) is 0 Å². The first kappa shape index (κ1) is 15.2. The van der Waals surface area contributed by atoms with Gasteiger partial charge in [-0.2, -0.15) is 0 Å². The Morgan fingerprint density at radius 1 is 0.591 bits per heavy atom. The molecular weight excluding hydrogens is 326 g/mol. The first-order chi connectivity index (χ1) is 10.6. The molecule has 1 heterocycles. The third-order valence-electron chi connectivity index (χ3n) is 2.64. The Morgan fingerprint density at radius 3 is 1.23 bits per heavy atom. The van der Waals surface area contributed by atoms with Gasteiger partial charge < -0.3 is 9.05 Å². The van der Waals surface area contributed by atoms with Crippen LogP contribution < -0.4 is 29.8 Å². The molecule has 3 rings (SSSR count). The average molecular weight is 340 g/mol. The lowest BCUT2D eigenvalue weighted by atomic mass is 10.3. The molecule has 0 bridgehead atoms. The molecule has 0 unspecified atom stereocenters. The quantitative estimate of drug-likeness (QED) is 0.630. The second-order valence-electron chi connectivity index (χ2n) is 4.36. The molecule has 1 saturated heterocycles. The fourth-order valence-electron chi connectivity index (χ4n) is 1.67. The molecule has 0 aliphatic carbocycles. The Balaban J connectivity index is 1.64. The summed E-state index contributed by atoms with van der Waals surface area (Å²) in [5.41, 5.74) is 0. The van der Waals surface area contributed by atoms with Gasteiger partial charge in [-0.15, -0.1) is 20.8 Å². The van der Waals surface area contributed by atoms with E-state index in [1.165, 1.54) is 0 Å². The highest BCUT2D eigenvalue weighted by molar-refractivity contribution is 7.61. The highest BCUT2D eigenvalue weighted by atomic mass is 31.2. The summed E-state index contributed by atoms with van der Waals surface area (Å²) in [6.45, 7) is 0. The van der Waals surface area contributed by atoms with Gasteiger partial charge in [0, 0.05) is 0 Å². The van der Waals surface area contributed by atoms with Crippen LogP contribution in [0.4, 0.5) is 0 Å². The van der Waals surface area contributed by atoms with Crippen LogP contribution in [0.2, 0.25) is 0 Å². The van der Waals surface area contributed by atoms with E-state index in [4.69, 9.17) is 9.05 Å². The Kier molecular flexibility index (Phi) is 4.31. The lowest BCUT2D eigenvalue weighted by Crippen LogP contribution is -2.49. The van der Waals surface area contributed by atoms with Gasteiger partial charge in [-0.05, 0) is 24.3 Å². The van der Waals surface area contributed by atoms with E-state index in [0.717, 1.165) is 0 Å². The molecule has 2 aromatic rings. The van der Waals surface area contributed by atoms with Crippen LogP contribution in [0.15, 0.2) is 60.7 Å². The fourth-order valence-corrected chi connectivity index (χ4v) is 4.91. The molecule has 4 N–H and O–H groups in total. The van der Waals surface area contributed by atoms with Gasteiger partial charge in [0.2, 0.25) is 0 Å². The van der Waals surface area contributed by atoms with Crippen molar-refractivity contribution in [2.45, 2.75) is 0 Å². The number of rotatable bonds is 4. The summed E-state index contributed by atoms with van der Waals surface area (Å²) in [5.74, 6) is 0.797. The van der Waals surface area contributed by atoms with Crippen molar-refractivity contribution in [3.63, 3.8) is 0 Å². The summed E-state index contributed by atoms with van der Waals surface area (Å²) in [7, 11) is -6.99. The van der Waals surface area contributed by atoms with Crippen LogP contribution in [0.1, 0.15) is 0 Å². The monoisotopic (exact) mass is 340 g/mol. The summed E-state index contributed by atoms with van der Waals surface area (Å²) in [6, 6.07) is 17.2. The summed E-state index contributed by atoms with van der Waals surface area (Å²) in [5, 5.41) is 9.51. The van der Waals surface area contributed by atoms with Gasteiger partial charge in [0.15, 0.2) is 0 Å². The number of hydrogen-bond donors (Lipinski definition) is 4. The van der Waals surface area contributed by atoms with Gasteiger partial charge in [0.05, 0.1) is 0 Å². The lowest BCUT2D eigenvalue weighted by molar-refractivity contribution is 0.396. The van der Waals surface area contributed by atoms with E-state index in [2.05, 4.69) is 20.8 Å². The zero-order valence-electron chi connectivity index (χ0n) is 11.3. The number of para-hydroxylation sites is 2. The first-order valence-electron chi connectivity index (χ1n) is 6.35. The molecule has 2 aromatic carbocycles. The van der Waals surface area contributed by atoms with E-state index in [0.29, 0.717) is 11.5 Å². The minimum atomic E-state index is -3.49. The molecule has 10 heteroatoms. The highest BCUT2D eigenvalue weighted by Crippen LogP contribution is 2.47. The van der Waals surface area contributed by atoms with Gasteiger partial charge >= 0.3 is 15.3 Å². The zero-order valence-corrected chi connectivity index (χ0v) is 13.1. The Hall–Kier alpha value is -1.66. The first-order valence-corrected chi connectivity index (χ1v) is 9.60. The molecule has 22 heavy (non-hydrogen) atoms. The van der Waals surface area contributed by atoms with E-state index in [1.54, 1.807) is 48.5 Å². The third-order valence-corrected chi connectivity index (χ3v) is 5.56. The van der Waals surface area contributed by atoms with Crippen molar-refractivity contribution < 1.29 is 18.2 Å². The number of nitrogens with one attached hydrogen (secondary N) is 4. The van der Waals surface area contributed by atoms with E-state index in [9.17, 15) is 9.13 Å². The maximum Gasteiger partial charge on any atom is 0.417 e. The van der Waals surface area contributed by atoms with Crippen molar-refractivity contribution >= 4 is 15.3 Å². The molecule has 0 saturated carbocycles. The van der Waals surface area contributed by atoms with Gasteiger partial charge in [-0.25, -0.2) is 9.13 Å². The van der Waals surface area contributed by atoms with Crippen molar-refractivity contribution in [2.24, 2.45) is 0 Å². The molecule has 0 aromatic heterocycles. The minimum absolute atomic E-state index is 0.398. The smallest absolute Gasteiger partial charge is 0.417 e. The maximum atomic E-state index is 12.4. The molecular formula is C12H14N4O4P2. The lowest BCUT2D eigenvalue weighted by Gasteiger charge is -2.31. The molecule has 116 valence electrons. The van der Waals surface area contributed by atoms with Crippen LogP contribution in [0.3, 0.4) is 0 Å². The number of hydrogen-bond acceptors (Lipinski definition) is 4. The van der Waals surface area contributed by atoms with E-state index < -0.39 is 15.3 Å². The Morgan fingerprint density at radius 2 is 0.909 bits per heavy atom. The zero-order chi connectivity index (χ0) is 15.5. The Labute approximate surface area is 127 Å².